The van der Waals surface area contributed by atoms with Crippen molar-refractivity contribution in [2.45, 2.75) is 32.3 Å². The van der Waals surface area contributed by atoms with Gasteiger partial charge in [0, 0.05) is 17.7 Å². The number of halogens is 1. The highest BCUT2D eigenvalue weighted by Crippen LogP contribution is 2.31. The van der Waals surface area contributed by atoms with Crippen LogP contribution in [-0.4, -0.2) is 25.7 Å². The minimum Gasteiger partial charge on any atom is -0.495 e. The molecule has 4 nitrogen and oxygen atoms in total. The van der Waals surface area contributed by atoms with Gasteiger partial charge in [-0.1, -0.05) is 11.6 Å². The first-order valence-corrected chi connectivity index (χ1v) is 6.73. The van der Waals surface area contributed by atoms with Gasteiger partial charge in [0.15, 0.2) is 0 Å². The highest BCUT2D eigenvalue weighted by Gasteiger charge is 2.20. The van der Waals surface area contributed by atoms with Crippen LogP contribution in [0.1, 0.15) is 24.8 Å². The third kappa shape index (κ3) is 3.61. The predicted molar refractivity (Wildman–Crippen MR) is 75.0 cm³/mol. The summed E-state index contributed by atoms with van der Waals surface area (Å²) < 4.78 is 10.7. The molecule has 1 aromatic rings. The van der Waals surface area contributed by atoms with Gasteiger partial charge >= 0.3 is 0 Å². The maximum Gasteiger partial charge on any atom is 0.227 e. The van der Waals surface area contributed by atoms with E-state index < -0.39 is 0 Å². The van der Waals surface area contributed by atoms with E-state index in [0.29, 0.717) is 22.9 Å². The number of carbonyl (C=O) groups is 1. The third-order valence-electron chi connectivity index (χ3n) is 3.19. The van der Waals surface area contributed by atoms with Crippen LogP contribution in [0.25, 0.3) is 0 Å². The van der Waals surface area contributed by atoms with Crippen molar-refractivity contribution >= 4 is 23.2 Å². The fraction of sp³-hybridized carbons (Fsp3) is 0.500. The first kappa shape index (κ1) is 14.2. The van der Waals surface area contributed by atoms with Gasteiger partial charge in [-0.25, -0.2) is 0 Å². The number of rotatable bonds is 4. The zero-order chi connectivity index (χ0) is 13.8. The molecule has 1 unspecified atom stereocenters. The monoisotopic (exact) mass is 283 g/mol. The standard InChI is InChI=1S/C14H18ClNO3/c1-9-6-12(13(18-2)8-11(9)15)16-14(17)7-10-4-3-5-19-10/h6,8,10H,3-5,7H2,1-2H3,(H,16,17). The summed E-state index contributed by atoms with van der Waals surface area (Å²) in [6.07, 6.45) is 2.40. The Labute approximate surface area is 118 Å². The molecule has 1 heterocycles. The molecule has 2 rings (SSSR count). The Morgan fingerprint density at radius 3 is 3.00 bits per heavy atom. The fourth-order valence-electron chi connectivity index (χ4n) is 2.14. The lowest BCUT2D eigenvalue weighted by molar-refractivity contribution is -0.118. The van der Waals surface area contributed by atoms with E-state index in [2.05, 4.69) is 5.32 Å². The second-order valence-corrected chi connectivity index (χ2v) is 5.10. The number of ether oxygens (including phenoxy) is 2. The van der Waals surface area contributed by atoms with Crippen LogP contribution in [0.15, 0.2) is 12.1 Å². The van der Waals surface area contributed by atoms with Gasteiger partial charge in [-0.2, -0.15) is 0 Å². The average Bonchev–Trinajstić information content (AvgIpc) is 2.86. The summed E-state index contributed by atoms with van der Waals surface area (Å²) >= 11 is 6.03. The van der Waals surface area contributed by atoms with Gasteiger partial charge in [0.2, 0.25) is 5.91 Å². The van der Waals surface area contributed by atoms with Gasteiger partial charge in [-0.05, 0) is 31.4 Å². The Balaban J connectivity index is 2.04. The number of methoxy groups -OCH3 is 1. The van der Waals surface area contributed by atoms with Crippen molar-refractivity contribution in [2.24, 2.45) is 0 Å². The molecule has 1 fully saturated rings. The molecule has 1 amide bonds. The highest BCUT2D eigenvalue weighted by molar-refractivity contribution is 6.31. The van der Waals surface area contributed by atoms with Crippen molar-refractivity contribution in [1.29, 1.82) is 0 Å². The van der Waals surface area contributed by atoms with Gasteiger partial charge in [0.25, 0.3) is 0 Å². The van der Waals surface area contributed by atoms with Crippen molar-refractivity contribution < 1.29 is 14.3 Å². The summed E-state index contributed by atoms with van der Waals surface area (Å²) in [5.74, 6) is 0.503. The van der Waals surface area contributed by atoms with E-state index in [4.69, 9.17) is 21.1 Å². The average molecular weight is 284 g/mol. The Morgan fingerprint density at radius 1 is 1.58 bits per heavy atom. The van der Waals surface area contributed by atoms with E-state index in [1.54, 1.807) is 13.2 Å². The number of hydrogen-bond donors (Lipinski definition) is 1. The minimum atomic E-state index is -0.0630. The van der Waals surface area contributed by atoms with Crippen LogP contribution < -0.4 is 10.1 Å². The number of aryl methyl sites for hydroxylation is 1. The molecule has 0 bridgehead atoms. The van der Waals surface area contributed by atoms with Crippen molar-refractivity contribution in [2.75, 3.05) is 19.0 Å². The van der Waals surface area contributed by atoms with Crippen molar-refractivity contribution in [3.8, 4) is 5.75 Å². The van der Waals surface area contributed by atoms with Gasteiger partial charge in [0.1, 0.15) is 5.75 Å². The molecule has 0 aliphatic carbocycles. The normalized spacial score (nSPS) is 18.4. The van der Waals surface area contributed by atoms with Crippen molar-refractivity contribution in [1.82, 2.24) is 0 Å². The van der Waals surface area contributed by atoms with E-state index in [-0.39, 0.29) is 12.0 Å². The lowest BCUT2D eigenvalue weighted by atomic mass is 10.1. The summed E-state index contributed by atoms with van der Waals surface area (Å²) in [4.78, 5) is 12.0. The molecule has 0 saturated carbocycles. The Kier molecular flexibility index (Phi) is 4.66. The predicted octanol–water partition coefficient (Wildman–Crippen LogP) is 3.16. The summed E-state index contributed by atoms with van der Waals surface area (Å²) in [5.41, 5.74) is 1.54. The summed E-state index contributed by atoms with van der Waals surface area (Å²) in [6.45, 7) is 2.64. The van der Waals surface area contributed by atoms with E-state index in [0.717, 1.165) is 25.0 Å². The molecule has 5 heteroatoms. The summed E-state index contributed by atoms with van der Waals surface area (Å²) in [7, 11) is 1.55. The number of amides is 1. The molecule has 0 spiro atoms. The molecule has 1 N–H and O–H groups in total. The number of nitrogens with one attached hydrogen (secondary N) is 1. The minimum absolute atomic E-state index is 0.0411. The zero-order valence-corrected chi connectivity index (χ0v) is 11.9. The zero-order valence-electron chi connectivity index (χ0n) is 11.2. The molecule has 1 aliphatic heterocycles. The molecular weight excluding hydrogens is 266 g/mol. The molecule has 1 atom stereocenters. The molecule has 19 heavy (non-hydrogen) atoms. The molecule has 1 saturated heterocycles. The van der Waals surface area contributed by atoms with Crippen LogP contribution in [-0.2, 0) is 9.53 Å². The van der Waals surface area contributed by atoms with Crippen LogP contribution in [0.2, 0.25) is 5.02 Å². The molecule has 104 valence electrons. The van der Waals surface area contributed by atoms with Gasteiger partial charge < -0.3 is 14.8 Å². The first-order chi connectivity index (χ1) is 9.10. The SMILES string of the molecule is COc1cc(Cl)c(C)cc1NC(=O)CC1CCCO1. The lowest BCUT2D eigenvalue weighted by Crippen LogP contribution is -2.19. The van der Waals surface area contributed by atoms with E-state index in [1.807, 2.05) is 13.0 Å². The van der Waals surface area contributed by atoms with Crippen LogP contribution in [0, 0.1) is 6.92 Å². The van der Waals surface area contributed by atoms with Gasteiger partial charge in [0.05, 0.1) is 25.3 Å². The van der Waals surface area contributed by atoms with Crippen LogP contribution in [0.5, 0.6) is 5.75 Å². The molecule has 1 aromatic carbocycles. The van der Waals surface area contributed by atoms with Crippen molar-refractivity contribution in [3.05, 3.63) is 22.7 Å². The second kappa shape index (κ2) is 6.26. The van der Waals surface area contributed by atoms with Gasteiger partial charge in [-0.15, -0.1) is 0 Å². The maximum absolute atomic E-state index is 12.0. The molecular formula is C14H18ClNO3. The van der Waals surface area contributed by atoms with Crippen molar-refractivity contribution in [3.63, 3.8) is 0 Å². The number of hydrogen-bond acceptors (Lipinski definition) is 3. The number of anilines is 1. The largest absolute Gasteiger partial charge is 0.495 e. The second-order valence-electron chi connectivity index (χ2n) is 4.69. The third-order valence-corrected chi connectivity index (χ3v) is 3.60. The molecule has 0 radical (unpaired) electrons. The summed E-state index contributed by atoms with van der Waals surface area (Å²) in [6, 6.07) is 3.52. The maximum atomic E-state index is 12.0. The molecule has 1 aliphatic rings. The highest BCUT2D eigenvalue weighted by atomic mass is 35.5. The smallest absolute Gasteiger partial charge is 0.227 e. The topological polar surface area (TPSA) is 47.6 Å². The van der Waals surface area contributed by atoms with E-state index >= 15 is 0 Å². The van der Waals surface area contributed by atoms with Crippen LogP contribution in [0.3, 0.4) is 0 Å². The Morgan fingerprint density at radius 2 is 2.37 bits per heavy atom. The van der Waals surface area contributed by atoms with E-state index in [9.17, 15) is 4.79 Å². The van der Waals surface area contributed by atoms with Crippen LogP contribution in [0.4, 0.5) is 5.69 Å². The number of carbonyl (C=O) groups excluding carboxylic acids is 1. The van der Waals surface area contributed by atoms with E-state index in [1.165, 1.54) is 0 Å². The van der Waals surface area contributed by atoms with Gasteiger partial charge in [-0.3, -0.25) is 4.79 Å². The first-order valence-electron chi connectivity index (χ1n) is 6.35. The Bertz CT molecular complexity index is 470. The molecule has 0 aromatic heterocycles. The van der Waals surface area contributed by atoms with Crippen LogP contribution >= 0.6 is 11.6 Å². The Hall–Kier alpha value is -1.26. The summed E-state index contributed by atoms with van der Waals surface area (Å²) in [5, 5.41) is 3.47. The fourth-order valence-corrected chi connectivity index (χ4v) is 2.30. The quantitative estimate of drug-likeness (QED) is 0.923. The number of benzene rings is 1. The lowest BCUT2D eigenvalue weighted by Gasteiger charge is -2.14.